The van der Waals surface area contributed by atoms with E-state index in [0.717, 1.165) is 15.9 Å². The van der Waals surface area contributed by atoms with Gasteiger partial charge < -0.3 is 4.74 Å². The number of ether oxygens (including phenoxy) is 1. The monoisotopic (exact) mass is 221 g/mol. The summed E-state index contributed by atoms with van der Waals surface area (Å²) >= 11 is 0. The Kier molecular flexibility index (Phi) is 2.63. The maximum absolute atomic E-state index is 11.2. The molecular weight excluding hydrogens is 210 g/mol. The van der Waals surface area contributed by atoms with Crippen molar-refractivity contribution in [2.75, 3.05) is 7.11 Å². The van der Waals surface area contributed by atoms with E-state index in [4.69, 9.17) is 4.74 Å². The third-order valence-electron chi connectivity index (χ3n) is 2.27. The van der Waals surface area contributed by atoms with E-state index in [0.29, 0.717) is 0 Å². The van der Waals surface area contributed by atoms with Gasteiger partial charge in [-0.05, 0) is 17.7 Å². The van der Waals surface area contributed by atoms with Gasteiger partial charge in [-0.2, -0.15) is 0 Å². The number of benzene rings is 1. The molecule has 0 spiro atoms. The molecule has 0 fully saturated rings. The van der Waals surface area contributed by atoms with Crippen LogP contribution >= 0.6 is 0 Å². The first kappa shape index (κ1) is 10.3. The van der Waals surface area contributed by atoms with Crippen LogP contribution in [-0.4, -0.2) is 21.9 Å². The van der Waals surface area contributed by atoms with Gasteiger partial charge in [0.15, 0.2) is 0 Å². The highest BCUT2D eigenvalue weighted by Gasteiger charge is 2.03. The van der Waals surface area contributed by atoms with Crippen LogP contribution in [0, 0.1) is 0 Å². The SMILES string of the molecule is COc1ccc(Cn2c(=O)[nH][nH]c2=O)cc1. The second kappa shape index (κ2) is 4.09. The lowest BCUT2D eigenvalue weighted by Gasteiger charge is -2.02. The minimum atomic E-state index is -0.444. The van der Waals surface area contributed by atoms with Gasteiger partial charge in [0.1, 0.15) is 5.75 Å². The molecule has 84 valence electrons. The van der Waals surface area contributed by atoms with Gasteiger partial charge in [0, 0.05) is 0 Å². The molecule has 1 aromatic heterocycles. The summed E-state index contributed by atoms with van der Waals surface area (Å²) in [6.45, 7) is 0.238. The molecule has 0 atom stereocenters. The van der Waals surface area contributed by atoms with Crippen LogP contribution in [0.2, 0.25) is 0 Å². The number of hydrogen-bond acceptors (Lipinski definition) is 3. The number of aromatic amines is 2. The molecule has 0 aliphatic rings. The van der Waals surface area contributed by atoms with Gasteiger partial charge in [0.2, 0.25) is 0 Å². The molecule has 0 aliphatic carbocycles. The summed E-state index contributed by atoms with van der Waals surface area (Å²) < 4.78 is 6.09. The normalized spacial score (nSPS) is 10.3. The van der Waals surface area contributed by atoms with E-state index in [2.05, 4.69) is 10.2 Å². The fourth-order valence-corrected chi connectivity index (χ4v) is 1.39. The Hall–Kier alpha value is -2.24. The van der Waals surface area contributed by atoms with Crippen LogP contribution in [0.3, 0.4) is 0 Å². The third kappa shape index (κ3) is 1.90. The van der Waals surface area contributed by atoms with Crippen molar-refractivity contribution in [2.24, 2.45) is 0 Å². The molecule has 0 unspecified atom stereocenters. The number of nitrogens with one attached hydrogen (secondary N) is 2. The van der Waals surface area contributed by atoms with Crippen LogP contribution in [-0.2, 0) is 6.54 Å². The van der Waals surface area contributed by atoms with E-state index in [9.17, 15) is 9.59 Å². The highest BCUT2D eigenvalue weighted by atomic mass is 16.5. The van der Waals surface area contributed by atoms with Gasteiger partial charge in [-0.15, -0.1) is 0 Å². The zero-order chi connectivity index (χ0) is 11.5. The lowest BCUT2D eigenvalue weighted by molar-refractivity contribution is 0.414. The molecule has 6 heteroatoms. The van der Waals surface area contributed by atoms with Crippen LogP contribution in [0.5, 0.6) is 5.75 Å². The van der Waals surface area contributed by atoms with Gasteiger partial charge in [-0.25, -0.2) is 24.4 Å². The highest BCUT2D eigenvalue weighted by molar-refractivity contribution is 5.27. The van der Waals surface area contributed by atoms with Crippen LogP contribution in [0.1, 0.15) is 5.56 Å². The number of rotatable bonds is 3. The summed E-state index contributed by atoms with van der Waals surface area (Å²) in [7, 11) is 1.58. The van der Waals surface area contributed by atoms with Crippen LogP contribution in [0.4, 0.5) is 0 Å². The van der Waals surface area contributed by atoms with E-state index in [1.54, 1.807) is 31.4 Å². The van der Waals surface area contributed by atoms with E-state index in [1.807, 2.05) is 0 Å². The van der Waals surface area contributed by atoms with Crippen molar-refractivity contribution in [3.63, 3.8) is 0 Å². The second-order valence-corrected chi connectivity index (χ2v) is 3.29. The quantitative estimate of drug-likeness (QED) is 0.760. The van der Waals surface area contributed by atoms with Gasteiger partial charge in [0.05, 0.1) is 13.7 Å². The van der Waals surface area contributed by atoms with Crippen molar-refractivity contribution in [2.45, 2.75) is 6.54 Å². The summed E-state index contributed by atoms with van der Waals surface area (Å²) in [4.78, 5) is 22.4. The lowest BCUT2D eigenvalue weighted by Crippen LogP contribution is -2.26. The average molecular weight is 221 g/mol. The molecule has 0 bridgehead atoms. The van der Waals surface area contributed by atoms with E-state index in [-0.39, 0.29) is 6.54 Å². The van der Waals surface area contributed by atoms with Crippen LogP contribution in [0.15, 0.2) is 33.9 Å². The molecular formula is C10H11N3O3. The van der Waals surface area contributed by atoms with Crippen LogP contribution < -0.4 is 16.1 Å². The summed E-state index contributed by atoms with van der Waals surface area (Å²) in [6.07, 6.45) is 0. The standard InChI is InChI=1S/C10H11N3O3/c1-16-8-4-2-7(3-5-8)6-13-9(14)11-12-10(13)15/h2-5H,6H2,1H3,(H,11,14)(H,12,15). The second-order valence-electron chi connectivity index (χ2n) is 3.29. The van der Waals surface area contributed by atoms with Gasteiger partial charge in [0.25, 0.3) is 0 Å². The first-order valence-corrected chi connectivity index (χ1v) is 4.71. The highest BCUT2D eigenvalue weighted by Crippen LogP contribution is 2.11. The maximum Gasteiger partial charge on any atom is 0.344 e. The molecule has 6 nitrogen and oxygen atoms in total. The topological polar surface area (TPSA) is 79.9 Å². The van der Waals surface area contributed by atoms with E-state index >= 15 is 0 Å². The van der Waals surface area contributed by atoms with Crippen molar-refractivity contribution in [1.29, 1.82) is 0 Å². The average Bonchev–Trinajstić information content (AvgIpc) is 2.62. The van der Waals surface area contributed by atoms with Crippen molar-refractivity contribution in [1.82, 2.24) is 14.8 Å². The van der Waals surface area contributed by atoms with Crippen molar-refractivity contribution in [3.8, 4) is 5.75 Å². The number of aromatic nitrogens is 3. The largest absolute Gasteiger partial charge is 0.497 e. The zero-order valence-electron chi connectivity index (χ0n) is 8.69. The predicted molar refractivity (Wildman–Crippen MR) is 57.8 cm³/mol. The minimum absolute atomic E-state index is 0.238. The molecule has 0 saturated carbocycles. The van der Waals surface area contributed by atoms with E-state index in [1.165, 1.54) is 0 Å². The maximum atomic E-state index is 11.2. The first-order valence-electron chi connectivity index (χ1n) is 4.71. The Morgan fingerprint density at radius 1 is 1.12 bits per heavy atom. The van der Waals surface area contributed by atoms with Gasteiger partial charge >= 0.3 is 11.4 Å². The molecule has 1 heterocycles. The Balaban J connectivity index is 2.27. The Morgan fingerprint density at radius 3 is 2.19 bits per heavy atom. The number of methoxy groups -OCH3 is 1. The molecule has 0 radical (unpaired) electrons. The van der Waals surface area contributed by atoms with Crippen molar-refractivity contribution < 1.29 is 4.74 Å². The lowest BCUT2D eigenvalue weighted by atomic mass is 10.2. The molecule has 0 saturated heterocycles. The van der Waals surface area contributed by atoms with Crippen LogP contribution in [0.25, 0.3) is 0 Å². The number of H-pyrrole nitrogens is 2. The summed E-state index contributed by atoms with van der Waals surface area (Å²) in [6, 6.07) is 7.16. The Labute approximate surface area is 90.5 Å². The summed E-state index contributed by atoms with van der Waals surface area (Å²) in [5, 5.41) is 4.45. The number of nitrogens with zero attached hydrogens (tertiary/aromatic N) is 1. The predicted octanol–water partition coefficient (Wildman–Crippen LogP) is -0.0784. The minimum Gasteiger partial charge on any atom is -0.497 e. The smallest absolute Gasteiger partial charge is 0.344 e. The fraction of sp³-hybridized carbons (Fsp3) is 0.200. The molecule has 0 aliphatic heterocycles. The van der Waals surface area contributed by atoms with Gasteiger partial charge in [-0.1, -0.05) is 12.1 Å². The molecule has 2 rings (SSSR count). The molecule has 1 aromatic carbocycles. The fourth-order valence-electron chi connectivity index (χ4n) is 1.39. The Bertz CT molecular complexity index is 549. The van der Waals surface area contributed by atoms with E-state index < -0.39 is 11.4 Å². The molecule has 0 amide bonds. The third-order valence-corrected chi connectivity index (χ3v) is 2.27. The Morgan fingerprint density at radius 2 is 1.69 bits per heavy atom. The molecule has 2 N–H and O–H groups in total. The van der Waals surface area contributed by atoms with Crippen molar-refractivity contribution in [3.05, 3.63) is 50.8 Å². The first-order chi connectivity index (χ1) is 7.70. The summed E-state index contributed by atoms with van der Waals surface area (Å²) in [5.41, 5.74) is -0.0327. The van der Waals surface area contributed by atoms with Crippen molar-refractivity contribution >= 4 is 0 Å². The summed E-state index contributed by atoms with van der Waals surface area (Å²) in [5.74, 6) is 0.735. The zero-order valence-corrected chi connectivity index (χ0v) is 8.69. The molecule has 16 heavy (non-hydrogen) atoms. The number of hydrogen-bond donors (Lipinski definition) is 2. The van der Waals surface area contributed by atoms with Gasteiger partial charge in [-0.3, -0.25) is 0 Å². The molecule has 2 aromatic rings.